The van der Waals surface area contributed by atoms with E-state index < -0.39 is 22.0 Å². The van der Waals surface area contributed by atoms with Gasteiger partial charge >= 0.3 is 5.97 Å². The normalized spacial score (nSPS) is 28.4. The van der Waals surface area contributed by atoms with Gasteiger partial charge in [0.1, 0.15) is 6.04 Å². The molecular weight excluding hydrogens is 282 g/mol. The van der Waals surface area contributed by atoms with Crippen LogP contribution in [-0.4, -0.2) is 56.3 Å². The van der Waals surface area contributed by atoms with Gasteiger partial charge in [-0.25, -0.2) is 8.42 Å². The van der Waals surface area contributed by atoms with Crippen LogP contribution in [0.2, 0.25) is 0 Å². The van der Waals surface area contributed by atoms with Crippen LogP contribution in [0.1, 0.15) is 39.0 Å². The Hall–Kier alpha value is -0.660. The zero-order chi connectivity index (χ0) is 14.6. The molecule has 0 bridgehead atoms. The first-order valence-electron chi connectivity index (χ1n) is 7.32. The molecular formula is C13H23NO5S. The molecule has 2 unspecified atom stereocenters. The van der Waals surface area contributed by atoms with Crippen LogP contribution in [-0.2, 0) is 24.3 Å². The van der Waals surface area contributed by atoms with Gasteiger partial charge in [0.25, 0.3) is 0 Å². The summed E-state index contributed by atoms with van der Waals surface area (Å²) >= 11 is 0. The molecule has 0 radical (unpaired) electrons. The third-order valence-corrected chi connectivity index (χ3v) is 5.73. The number of hydrogen-bond donors (Lipinski definition) is 0. The van der Waals surface area contributed by atoms with E-state index in [1.807, 2.05) is 0 Å². The Balaban J connectivity index is 2.07. The van der Waals surface area contributed by atoms with Gasteiger partial charge in [-0.2, -0.15) is 4.31 Å². The van der Waals surface area contributed by atoms with Gasteiger partial charge in [-0.05, 0) is 39.0 Å². The number of esters is 1. The molecule has 0 spiro atoms. The zero-order valence-corrected chi connectivity index (χ0v) is 12.7. The van der Waals surface area contributed by atoms with Crippen LogP contribution in [0.15, 0.2) is 0 Å². The Bertz CT molecular complexity index is 430. The van der Waals surface area contributed by atoms with Crippen molar-refractivity contribution in [2.45, 2.75) is 51.2 Å². The van der Waals surface area contributed by atoms with Crippen LogP contribution in [0.3, 0.4) is 0 Å². The maximum atomic E-state index is 12.5. The lowest BCUT2D eigenvalue weighted by Crippen LogP contribution is -2.50. The second-order valence-corrected chi connectivity index (χ2v) is 7.25. The van der Waals surface area contributed by atoms with Gasteiger partial charge in [-0.3, -0.25) is 4.79 Å². The van der Waals surface area contributed by atoms with Crippen molar-refractivity contribution in [2.24, 2.45) is 0 Å². The molecule has 0 N–H and O–H groups in total. The number of nitrogens with zero attached hydrogens (tertiary/aromatic N) is 1. The molecule has 0 aromatic heterocycles. The van der Waals surface area contributed by atoms with Gasteiger partial charge in [0.05, 0.1) is 18.5 Å². The first-order valence-corrected chi connectivity index (χ1v) is 8.93. The molecule has 0 amide bonds. The average Bonchev–Trinajstić information content (AvgIpc) is 2.91. The summed E-state index contributed by atoms with van der Waals surface area (Å²) in [5.41, 5.74) is 0. The molecule has 2 aliphatic rings. The summed E-state index contributed by atoms with van der Waals surface area (Å²) in [4.78, 5) is 11.9. The fourth-order valence-corrected chi connectivity index (χ4v) is 4.73. The minimum Gasteiger partial charge on any atom is -0.465 e. The molecule has 0 aliphatic carbocycles. The SMILES string of the molecule is CCOC(=O)C1CCCCN1S(=O)(=O)CC1CCCO1. The number of sulfonamides is 1. The molecule has 2 rings (SSSR count). The van der Waals surface area contributed by atoms with E-state index in [-0.39, 0.29) is 18.5 Å². The van der Waals surface area contributed by atoms with E-state index in [2.05, 4.69) is 0 Å². The third-order valence-electron chi connectivity index (χ3n) is 3.79. The molecule has 116 valence electrons. The van der Waals surface area contributed by atoms with Crippen molar-refractivity contribution in [2.75, 3.05) is 25.5 Å². The van der Waals surface area contributed by atoms with E-state index in [0.717, 1.165) is 25.7 Å². The Morgan fingerprint density at radius 3 is 2.75 bits per heavy atom. The first-order chi connectivity index (χ1) is 9.54. The summed E-state index contributed by atoms with van der Waals surface area (Å²) in [5, 5.41) is 0. The molecule has 2 aliphatic heterocycles. The summed E-state index contributed by atoms with van der Waals surface area (Å²) in [5.74, 6) is -0.453. The number of carbonyl (C=O) groups excluding carboxylic acids is 1. The van der Waals surface area contributed by atoms with Crippen molar-refractivity contribution in [3.05, 3.63) is 0 Å². The second kappa shape index (κ2) is 6.87. The Kier molecular flexibility index (Phi) is 5.40. The van der Waals surface area contributed by atoms with Crippen LogP contribution in [0.25, 0.3) is 0 Å². The maximum Gasteiger partial charge on any atom is 0.324 e. The standard InChI is InChI=1S/C13H23NO5S/c1-2-18-13(15)12-7-3-4-8-14(12)20(16,17)10-11-6-5-9-19-11/h11-12H,2-10H2,1H3. The van der Waals surface area contributed by atoms with Gasteiger partial charge in [0.2, 0.25) is 10.0 Å². The summed E-state index contributed by atoms with van der Waals surface area (Å²) in [6.45, 7) is 3.03. The van der Waals surface area contributed by atoms with E-state index in [1.54, 1.807) is 6.92 Å². The fourth-order valence-electron chi connectivity index (χ4n) is 2.82. The van der Waals surface area contributed by atoms with E-state index in [0.29, 0.717) is 19.6 Å². The lowest BCUT2D eigenvalue weighted by molar-refractivity contribution is -0.148. The van der Waals surface area contributed by atoms with Crippen LogP contribution < -0.4 is 0 Å². The second-order valence-electron chi connectivity index (χ2n) is 5.29. The monoisotopic (exact) mass is 305 g/mol. The van der Waals surface area contributed by atoms with Crippen molar-refractivity contribution in [1.29, 1.82) is 0 Å². The number of ether oxygens (including phenoxy) is 2. The highest BCUT2D eigenvalue weighted by Crippen LogP contribution is 2.24. The Morgan fingerprint density at radius 2 is 2.10 bits per heavy atom. The molecule has 2 fully saturated rings. The molecule has 6 nitrogen and oxygen atoms in total. The predicted molar refractivity (Wildman–Crippen MR) is 73.7 cm³/mol. The van der Waals surface area contributed by atoms with Crippen LogP contribution in [0.5, 0.6) is 0 Å². The van der Waals surface area contributed by atoms with Gasteiger partial charge in [0.15, 0.2) is 0 Å². The number of rotatable bonds is 5. The van der Waals surface area contributed by atoms with E-state index in [9.17, 15) is 13.2 Å². The quantitative estimate of drug-likeness (QED) is 0.706. The first kappa shape index (κ1) is 15.7. The van der Waals surface area contributed by atoms with Crippen LogP contribution in [0, 0.1) is 0 Å². The maximum absolute atomic E-state index is 12.5. The number of piperidine rings is 1. The predicted octanol–water partition coefficient (Wildman–Crippen LogP) is 0.913. The highest BCUT2D eigenvalue weighted by atomic mass is 32.2. The Labute approximate surface area is 120 Å². The van der Waals surface area contributed by atoms with Gasteiger partial charge < -0.3 is 9.47 Å². The van der Waals surface area contributed by atoms with Crippen molar-refractivity contribution >= 4 is 16.0 Å². The van der Waals surface area contributed by atoms with Gasteiger partial charge in [-0.15, -0.1) is 0 Å². The Morgan fingerprint density at radius 1 is 1.30 bits per heavy atom. The van der Waals surface area contributed by atoms with Crippen LogP contribution in [0.4, 0.5) is 0 Å². The molecule has 20 heavy (non-hydrogen) atoms. The number of carbonyl (C=O) groups is 1. The van der Waals surface area contributed by atoms with Gasteiger partial charge in [-0.1, -0.05) is 0 Å². The lowest BCUT2D eigenvalue weighted by atomic mass is 10.1. The largest absolute Gasteiger partial charge is 0.465 e. The molecule has 2 saturated heterocycles. The minimum atomic E-state index is -3.47. The third kappa shape index (κ3) is 3.71. The van der Waals surface area contributed by atoms with E-state index in [1.165, 1.54) is 4.31 Å². The molecule has 2 heterocycles. The topological polar surface area (TPSA) is 72.9 Å². The van der Waals surface area contributed by atoms with Crippen molar-refractivity contribution in [1.82, 2.24) is 4.31 Å². The van der Waals surface area contributed by atoms with Crippen molar-refractivity contribution in [3.8, 4) is 0 Å². The summed E-state index contributed by atoms with van der Waals surface area (Å²) in [6.07, 6.45) is 3.64. The molecule has 0 saturated carbocycles. The number of hydrogen-bond acceptors (Lipinski definition) is 5. The van der Waals surface area contributed by atoms with Crippen LogP contribution >= 0.6 is 0 Å². The lowest BCUT2D eigenvalue weighted by Gasteiger charge is -2.33. The van der Waals surface area contributed by atoms with Crippen molar-refractivity contribution in [3.63, 3.8) is 0 Å². The molecule has 0 aromatic rings. The minimum absolute atomic E-state index is 0.0249. The highest BCUT2D eigenvalue weighted by Gasteiger charge is 2.39. The van der Waals surface area contributed by atoms with E-state index in [4.69, 9.17) is 9.47 Å². The summed E-state index contributed by atoms with van der Waals surface area (Å²) in [6, 6.07) is -0.657. The zero-order valence-electron chi connectivity index (χ0n) is 11.9. The van der Waals surface area contributed by atoms with Gasteiger partial charge in [0, 0.05) is 13.2 Å². The smallest absolute Gasteiger partial charge is 0.324 e. The van der Waals surface area contributed by atoms with E-state index >= 15 is 0 Å². The fraction of sp³-hybridized carbons (Fsp3) is 0.923. The van der Waals surface area contributed by atoms with Crippen molar-refractivity contribution < 1.29 is 22.7 Å². The summed E-state index contributed by atoms with van der Waals surface area (Å²) < 4.78 is 36.7. The molecule has 2 atom stereocenters. The molecule has 7 heteroatoms. The summed E-state index contributed by atoms with van der Waals surface area (Å²) in [7, 11) is -3.47. The average molecular weight is 305 g/mol. The highest BCUT2D eigenvalue weighted by molar-refractivity contribution is 7.89. The molecule has 0 aromatic carbocycles.